The quantitative estimate of drug-likeness (QED) is 0.616. The van der Waals surface area contributed by atoms with Crippen molar-refractivity contribution in [3.8, 4) is 0 Å². The van der Waals surface area contributed by atoms with Crippen LogP contribution in [0.3, 0.4) is 0 Å². The third-order valence-electron chi connectivity index (χ3n) is 3.04. The number of thioether (sulfide) groups is 1. The number of hydrogen-bond donors (Lipinski definition) is 2. The number of rotatable bonds is 6. The van der Waals surface area contributed by atoms with Crippen LogP contribution in [0.4, 0.5) is 10.1 Å². The van der Waals surface area contributed by atoms with Crippen molar-refractivity contribution < 1.29 is 4.39 Å². The summed E-state index contributed by atoms with van der Waals surface area (Å²) in [5.74, 6) is 0.610. The van der Waals surface area contributed by atoms with E-state index in [9.17, 15) is 4.39 Å². The Balaban J connectivity index is 2.86. The first-order chi connectivity index (χ1) is 8.47. The molecule has 0 aromatic heterocycles. The van der Waals surface area contributed by atoms with Crippen molar-refractivity contribution in [3.05, 3.63) is 29.6 Å². The highest BCUT2D eigenvalue weighted by molar-refractivity contribution is 7.98. The van der Waals surface area contributed by atoms with Gasteiger partial charge in [0.05, 0.1) is 5.69 Å². The van der Waals surface area contributed by atoms with Gasteiger partial charge in [0.2, 0.25) is 0 Å². The molecule has 0 aliphatic heterocycles. The van der Waals surface area contributed by atoms with Crippen LogP contribution < -0.4 is 10.6 Å². The molecule has 0 bridgehead atoms. The van der Waals surface area contributed by atoms with E-state index in [0.717, 1.165) is 12.2 Å². The summed E-state index contributed by atoms with van der Waals surface area (Å²) in [6.07, 6.45) is 3.07. The molecule has 18 heavy (non-hydrogen) atoms. The van der Waals surface area contributed by atoms with Crippen molar-refractivity contribution in [2.45, 2.75) is 19.4 Å². The van der Waals surface area contributed by atoms with Crippen LogP contribution in [0.1, 0.15) is 18.9 Å². The topological polar surface area (TPSA) is 53.1 Å². The van der Waals surface area contributed by atoms with Gasteiger partial charge in [-0.05, 0) is 43.6 Å². The molecular weight excluding hydrogens is 249 g/mol. The fourth-order valence-corrected chi connectivity index (χ4v) is 2.26. The van der Waals surface area contributed by atoms with Gasteiger partial charge < -0.3 is 10.6 Å². The molecule has 0 fully saturated rings. The van der Waals surface area contributed by atoms with Crippen LogP contribution >= 0.6 is 11.8 Å². The number of nitrogens with zero attached hydrogens (tertiary/aromatic N) is 1. The van der Waals surface area contributed by atoms with Gasteiger partial charge in [-0.25, -0.2) is 4.39 Å². The molecule has 0 spiro atoms. The number of amidine groups is 1. The van der Waals surface area contributed by atoms with E-state index < -0.39 is 0 Å². The molecular formula is C13H20FN3S. The smallest absolute Gasteiger partial charge is 0.147 e. The van der Waals surface area contributed by atoms with Gasteiger partial charge in [-0.15, -0.1) is 0 Å². The summed E-state index contributed by atoms with van der Waals surface area (Å²) in [5.41, 5.74) is 6.30. The number of nitrogens with two attached hydrogens (primary N) is 1. The minimum atomic E-state index is -0.332. The normalized spacial score (nSPS) is 12.2. The van der Waals surface area contributed by atoms with Gasteiger partial charge in [-0.1, -0.05) is 0 Å². The summed E-state index contributed by atoms with van der Waals surface area (Å²) >= 11 is 1.79. The third kappa shape index (κ3) is 3.63. The molecule has 1 unspecified atom stereocenters. The average molecular weight is 269 g/mol. The maximum absolute atomic E-state index is 13.9. The monoisotopic (exact) mass is 269 g/mol. The lowest BCUT2D eigenvalue weighted by Gasteiger charge is -2.27. The first kappa shape index (κ1) is 14.8. The molecule has 100 valence electrons. The second-order valence-corrected chi connectivity index (χ2v) is 5.31. The molecule has 0 heterocycles. The molecule has 1 rings (SSSR count). The van der Waals surface area contributed by atoms with E-state index in [-0.39, 0.29) is 17.7 Å². The molecule has 1 aromatic rings. The van der Waals surface area contributed by atoms with Crippen molar-refractivity contribution in [2.75, 3.05) is 24.0 Å². The summed E-state index contributed by atoms with van der Waals surface area (Å²) in [4.78, 5) is 1.93. The number of halogens is 1. The lowest BCUT2D eigenvalue weighted by atomic mass is 10.1. The highest BCUT2D eigenvalue weighted by atomic mass is 32.2. The Morgan fingerprint density at radius 3 is 2.72 bits per heavy atom. The zero-order valence-electron chi connectivity index (χ0n) is 11.0. The van der Waals surface area contributed by atoms with Gasteiger partial charge >= 0.3 is 0 Å². The Morgan fingerprint density at radius 1 is 1.56 bits per heavy atom. The minimum absolute atomic E-state index is 0.112. The SMILES string of the molecule is CSCCC(C)N(C)c1ccc(C(=N)N)cc1F. The zero-order valence-corrected chi connectivity index (χ0v) is 11.9. The van der Waals surface area contributed by atoms with Crippen LogP contribution in [-0.2, 0) is 0 Å². The molecule has 0 aliphatic carbocycles. The Hall–Kier alpha value is -1.23. The molecule has 3 nitrogen and oxygen atoms in total. The van der Waals surface area contributed by atoms with Crippen molar-refractivity contribution >= 4 is 23.3 Å². The number of nitrogens with one attached hydrogen (secondary N) is 1. The van der Waals surface area contributed by atoms with Gasteiger partial charge in [0.15, 0.2) is 0 Å². The first-order valence-electron chi connectivity index (χ1n) is 5.83. The molecule has 0 aliphatic rings. The first-order valence-corrected chi connectivity index (χ1v) is 7.22. The van der Waals surface area contributed by atoms with Gasteiger partial charge in [0, 0.05) is 18.7 Å². The van der Waals surface area contributed by atoms with Crippen LogP contribution in [0, 0.1) is 11.2 Å². The predicted octanol–water partition coefficient (Wildman–Crippen LogP) is 2.69. The summed E-state index contributed by atoms with van der Waals surface area (Å²) in [6, 6.07) is 4.95. The summed E-state index contributed by atoms with van der Waals surface area (Å²) in [6.45, 7) is 2.08. The number of anilines is 1. The van der Waals surface area contributed by atoms with E-state index in [2.05, 4.69) is 13.2 Å². The molecule has 0 amide bonds. The van der Waals surface area contributed by atoms with E-state index >= 15 is 0 Å². The van der Waals surface area contributed by atoms with Gasteiger partial charge in [0.1, 0.15) is 11.7 Å². The van der Waals surface area contributed by atoms with Crippen LogP contribution in [-0.4, -0.2) is 30.9 Å². The van der Waals surface area contributed by atoms with Gasteiger partial charge in [-0.2, -0.15) is 11.8 Å². The highest BCUT2D eigenvalue weighted by Gasteiger charge is 2.14. The largest absolute Gasteiger partial charge is 0.384 e. The number of hydrogen-bond acceptors (Lipinski definition) is 3. The van der Waals surface area contributed by atoms with Crippen molar-refractivity contribution in [1.29, 1.82) is 5.41 Å². The average Bonchev–Trinajstić information content (AvgIpc) is 2.34. The van der Waals surface area contributed by atoms with Gasteiger partial charge in [-0.3, -0.25) is 5.41 Å². The fraction of sp³-hybridized carbons (Fsp3) is 0.462. The second-order valence-electron chi connectivity index (χ2n) is 4.32. The molecule has 5 heteroatoms. The zero-order chi connectivity index (χ0) is 13.7. The molecule has 3 N–H and O–H groups in total. The number of nitrogen functional groups attached to an aromatic ring is 1. The molecule has 0 saturated heterocycles. The minimum Gasteiger partial charge on any atom is -0.384 e. The maximum atomic E-state index is 13.9. The third-order valence-corrected chi connectivity index (χ3v) is 3.68. The van der Waals surface area contributed by atoms with Crippen LogP contribution in [0.15, 0.2) is 18.2 Å². The van der Waals surface area contributed by atoms with Gasteiger partial charge in [0.25, 0.3) is 0 Å². The fourth-order valence-electron chi connectivity index (χ4n) is 1.68. The Bertz CT molecular complexity index is 423. The Morgan fingerprint density at radius 2 is 2.22 bits per heavy atom. The number of benzene rings is 1. The summed E-state index contributed by atoms with van der Waals surface area (Å²) in [5, 5.41) is 7.28. The van der Waals surface area contributed by atoms with Crippen molar-refractivity contribution in [2.24, 2.45) is 5.73 Å². The van der Waals surface area contributed by atoms with Crippen LogP contribution in [0.2, 0.25) is 0 Å². The predicted molar refractivity (Wildman–Crippen MR) is 78.3 cm³/mol. The van der Waals surface area contributed by atoms with E-state index in [1.165, 1.54) is 6.07 Å². The Labute approximate surface area is 112 Å². The standard InChI is InChI=1S/C13H20FN3S/c1-9(6-7-18-3)17(2)12-5-4-10(13(15)16)8-11(12)14/h4-5,8-9H,6-7H2,1-3H3,(H3,15,16). The lowest BCUT2D eigenvalue weighted by molar-refractivity contribution is 0.600. The van der Waals surface area contributed by atoms with E-state index in [0.29, 0.717) is 11.3 Å². The molecule has 1 aromatic carbocycles. The van der Waals surface area contributed by atoms with E-state index in [4.69, 9.17) is 11.1 Å². The van der Waals surface area contributed by atoms with Crippen LogP contribution in [0.25, 0.3) is 0 Å². The van der Waals surface area contributed by atoms with E-state index in [1.54, 1.807) is 23.9 Å². The van der Waals surface area contributed by atoms with E-state index in [1.807, 2.05) is 11.9 Å². The van der Waals surface area contributed by atoms with Crippen LogP contribution in [0.5, 0.6) is 0 Å². The van der Waals surface area contributed by atoms with Crippen molar-refractivity contribution in [1.82, 2.24) is 0 Å². The molecule has 0 radical (unpaired) electrons. The van der Waals surface area contributed by atoms with Crippen molar-refractivity contribution in [3.63, 3.8) is 0 Å². The summed E-state index contributed by atoms with van der Waals surface area (Å²) < 4.78 is 13.9. The maximum Gasteiger partial charge on any atom is 0.147 e. The Kier molecular flexibility index (Phi) is 5.47. The molecule has 0 saturated carbocycles. The lowest BCUT2D eigenvalue weighted by Crippen LogP contribution is -2.30. The summed E-state index contributed by atoms with van der Waals surface area (Å²) in [7, 11) is 1.89. The highest BCUT2D eigenvalue weighted by Crippen LogP contribution is 2.22. The second kappa shape index (κ2) is 6.64. The molecule has 1 atom stereocenters.